The zero-order chi connectivity index (χ0) is 21.3. The predicted molar refractivity (Wildman–Crippen MR) is 117 cm³/mol. The first-order valence-electron chi connectivity index (χ1n) is 9.48. The van der Waals surface area contributed by atoms with Crippen molar-refractivity contribution in [1.82, 2.24) is 0 Å². The van der Waals surface area contributed by atoms with Gasteiger partial charge in [0.05, 0.1) is 5.39 Å². The largest absolute Gasteiger partial charge is 0.456 e. The smallest absolute Gasteiger partial charge is 0.255 e. The summed E-state index contributed by atoms with van der Waals surface area (Å²) in [4.78, 5) is 36.3. The molecule has 0 spiro atoms. The van der Waals surface area contributed by atoms with Crippen LogP contribution in [0, 0.1) is 6.92 Å². The molecule has 1 heterocycles. The van der Waals surface area contributed by atoms with Gasteiger partial charge in [0.15, 0.2) is 11.2 Å². The minimum atomic E-state index is -0.271. The molecule has 0 bridgehead atoms. The first-order chi connectivity index (χ1) is 14.4. The summed E-state index contributed by atoms with van der Waals surface area (Å²) in [5.41, 5.74) is 3.78. The van der Waals surface area contributed by atoms with E-state index in [9.17, 15) is 14.4 Å². The zero-order valence-electron chi connectivity index (χ0n) is 16.6. The Hall–Kier alpha value is -3.99. The van der Waals surface area contributed by atoms with Crippen molar-refractivity contribution in [2.45, 2.75) is 13.8 Å². The molecule has 1 N–H and O–H groups in total. The van der Waals surface area contributed by atoms with Crippen molar-refractivity contribution in [3.8, 4) is 11.3 Å². The van der Waals surface area contributed by atoms with Gasteiger partial charge in [0.25, 0.3) is 5.91 Å². The minimum absolute atomic E-state index is 0.0288. The lowest BCUT2D eigenvalue weighted by Gasteiger charge is -2.07. The summed E-state index contributed by atoms with van der Waals surface area (Å²) in [7, 11) is 0. The van der Waals surface area contributed by atoms with Crippen molar-refractivity contribution in [3.05, 3.63) is 99.7 Å². The fraction of sp³-hybridized carbons (Fsp3) is 0.0800. The topological polar surface area (TPSA) is 76.4 Å². The molecule has 5 nitrogen and oxygen atoms in total. The van der Waals surface area contributed by atoms with E-state index in [0.717, 1.165) is 5.56 Å². The van der Waals surface area contributed by atoms with Crippen molar-refractivity contribution in [3.63, 3.8) is 0 Å². The molecule has 0 saturated carbocycles. The van der Waals surface area contributed by atoms with Gasteiger partial charge >= 0.3 is 0 Å². The van der Waals surface area contributed by atoms with Gasteiger partial charge in [-0.15, -0.1) is 0 Å². The van der Waals surface area contributed by atoms with Gasteiger partial charge in [-0.25, -0.2) is 0 Å². The summed E-state index contributed by atoms with van der Waals surface area (Å²) < 4.78 is 5.88. The number of aryl methyl sites for hydroxylation is 1. The Kier molecular flexibility index (Phi) is 5.02. The van der Waals surface area contributed by atoms with E-state index in [1.807, 2.05) is 13.0 Å². The SMILES string of the molecule is CC(=O)c1ccc(NC(=O)c2ccc(-c3cc(=O)c4cc(C)ccc4o3)cc2)cc1. The van der Waals surface area contributed by atoms with Gasteiger partial charge in [0.1, 0.15) is 11.3 Å². The molecular formula is C25H19NO4. The lowest BCUT2D eigenvalue weighted by Crippen LogP contribution is -2.11. The number of fused-ring (bicyclic) bond motifs is 1. The minimum Gasteiger partial charge on any atom is -0.456 e. The standard InChI is InChI=1S/C25H19NO4/c1-15-3-12-23-21(13-15)22(28)14-24(30-23)18-4-6-19(7-5-18)25(29)26-20-10-8-17(9-11-20)16(2)27/h3-14H,1-2H3,(H,26,29). The number of nitrogens with one attached hydrogen (secondary N) is 1. The molecule has 1 aromatic heterocycles. The van der Waals surface area contributed by atoms with Crippen LogP contribution in [0.3, 0.4) is 0 Å². The molecule has 4 rings (SSSR count). The highest BCUT2D eigenvalue weighted by molar-refractivity contribution is 6.04. The van der Waals surface area contributed by atoms with Gasteiger partial charge in [-0.2, -0.15) is 0 Å². The van der Waals surface area contributed by atoms with E-state index >= 15 is 0 Å². The molecule has 0 aliphatic rings. The highest BCUT2D eigenvalue weighted by atomic mass is 16.3. The van der Waals surface area contributed by atoms with Crippen LogP contribution in [0.15, 0.2) is 82.0 Å². The molecule has 0 fully saturated rings. The normalized spacial score (nSPS) is 10.7. The summed E-state index contributed by atoms with van der Waals surface area (Å²) in [6, 6.07) is 20.5. The van der Waals surface area contributed by atoms with Crippen LogP contribution in [-0.4, -0.2) is 11.7 Å². The van der Waals surface area contributed by atoms with Gasteiger partial charge < -0.3 is 9.73 Å². The molecule has 0 aliphatic heterocycles. The lowest BCUT2D eigenvalue weighted by molar-refractivity contribution is 0.101. The molecule has 0 radical (unpaired) electrons. The summed E-state index contributed by atoms with van der Waals surface area (Å²) in [6.45, 7) is 3.42. The van der Waals surface area contributed by atoms with Crippen LogP contribution in [-0.2, 0) is 0 Å². The number of anilines is 1. The molecule has 5 heteroatoms. The molecule has 0 unspecified atom stereocenters. The quantitative estimate of drug-likeness (QED) is 0.479. The molecule has 30 heavy (non-hydrogen) atoms. The number of hydrogen-bond donors (Lipinski definition) is 1. The lowest BCUT2D eigenvalue weighted by atomic mass is 10.1. The average Bonchev–Trinajstić information content (AvgIpc) is 2.74. The Bertz CT molecular complexity index is 1320. The Labute approximate surface area is 173 Å². The van der Waals surface area contributed by atoms with E-state index < -0.39 is 0 Å². The summed E-state index contributed by atoms with van der Waals surface area (Å²) >= 11 is 0. The summed E-state index contributed by atoms with van der Waals surface area (Å²) in [5, 5.41) is 3.35. The van der Waals surface area contributed by atoms with Crippen LogP contribution < -0.4 is 10.7 Å². The van der Waals surface area contributed by atoms with Crippen molar-refractivity contribution < 1.29 is 14.0 Å². The molecular weight excluding hydrogens is 378 g/mol. The van der Waals surface area contributed by atoms with Gasteiger partial charge in [-0.1, -0.05) is 23.8 Å². The van der Waals surface area contributed by atoms with Crippen LogP contribution in [0.25, 0.3) is 22.3 Å². The third-order valence-corrected chi connectivity index (χ3v) is 4.86. The van der Waals surface area contributed by atoms with Crippen LogP contribution in [0.2, 0.25) is 0 Å². The number of carbonyl (C=O) groups is 2. The van der Waals surface area contributed by atoms with Crippen LogP contribution in [0.4, 0.5) is 5.69 Å². The molecule has 1 amide bonds. The van der Waals surface area contributed by atoms with Crippen LogP contribution >= 0.6 is 0 Å². The van der Waals surface area contributed by atoms with E-state index in [1.165, 1.54) is 13.0 Å². The van der Waals surface area contributed by atoms with E-state index in [2.05, 4.69) is 5.32 Å². The van der Waals surface area contributed by atoms with E-state index in [4.69, 9.17) is 4.42 Å². The van der Waals surface area contributed by atoms with E-state index in [-0.39, 0.29) is 17.1 Å². The second kappa shape index (κ2) is 7.79. The molecule has 0 saturated heterocycles. The number of amides is 1. The Morgan fingerprint density at radius 1 is 0.833 bits per heavy atom. The zero-order valence-corrected chi connectivity index (χ0v) is 16.6. The van der Waals surface area contributed by atoms with Crippen molar-refractivity contribution in [1.29, 1.82) is 0 Å². The Morgan fingerprint density at radius 3 is 2.17 bits per heavy atom. The van der Waals surface area contributed by atoms with Crippen LogP contribution in [0.5, 0.6) is 0 Å². The van der Waals surface area contributed by atoms with E-state index in [0.29, 0.717) is 39.1 Å². The highest BCUT2D eigenvalue weighted by Crippen LogP contribution is 2.23. The van der Waals surface area contributed by atoms with Gasteiger partial charge in [-0.05, 0) is 62.4 Å². The maximum absolute atomic E-state index is 12.5. The van der Waals surface area contributed by atoms with Crippen molar-refractivity contribution >= 4 is 28.3 Å². The predicted octanol–water partition coefficient (Wildman–Crippen LogP) is 5.22. The Balaban J connectivity index is 1.56. The summed E-state index contributed by atoms with van der Waals surface area (Å²) in [5.74, 6) is 0.148. The first-order valence-corrected chi connectivity index (χ1v) is 9.48. The number of Topliss-reactive ketones (excluding diaryl/α,β-unsaturated/α-hetero) is 1. The van der Waals surface area contributed by atoms with E-state index in [1.54, 1.807) is 60.7 Å². The number of rotatable bonds is 4. The molecule has 0 aliphatic carbocycles. The number of ketones is 1. The molecule has 148 valence electrons. The van der Waals surface area contributed by atoms with Gasteiger partial charge in [0, 0.05) is 28.4 Å². The number of hydrogen-bond acceptors (Lipinski definition) is 4. The highest BCUT2D eigenvalue weighted by Gasteiger charge is 2.10. The Morgan fingerprint density at radius 2 is 1.50 bits per heavy atom. The average molecular weight is 397 g/mol. The second-order valence-electron chi connectivity index (χ2n) is 7.14. The van der Waals surface area contributed by atoms with Gasteiger partial charge in [-0.3, -0.25) is 14.4 Å². The maximum Gasteiger partial charge on any atom is 0.255 e. The third kappa shape index (κ3) is 3.91. The maximum atomic E-state index is 12.5. The second-order valence-corrected chi connectivity index (χ2v) is 7.14. The third-order valence-electron chi connectivity index (χ3n) is 4.86. The number of benzene rings is 3. The molecule has 4 aromatic rings. The van der Waals surface area contributed by atoms with Gasteiger partial charge in [0.2, 0.25) is 0 Å². The number of carbonyl (C=O) groups excluding carboxylic acids is 2. The molecule has 3 aromatic carbocycles. The van der Waals surface area contributed by atoms with Crippen molar-refractivity contribution in [2.75, 3.05) is 5.32 Å². The monoisotopic (exact) mass is 397 g/mol. The molecule has 0 atom stereocenters. The van der Waals surface area contributed by atoms with Crippen molar-refractivity contribution in [2.24, 2.45) is 0 Å². The van der Waals surface area contributed by atoms with Crippen LogP contribution in [0.1, 0.15) is 33.2 Å². The fourth-order valence-corrected chi connectivity index (χ4v) is 3.19. The first kappa shape index (κ1) is 19.3. The summed E-state index contributed by atoms with van der Waals surface area (Å²) in [6.07, 6.45) is 0. The fourth-order valence-electron chi connectivity index (χ4n) is 3.19.